The zero-order chi connectivity index (χ0) is 13.7. The maximum absolute atomic E-state index is 12.4. The van der Waals surface area contributed by atoms with E-state index in [2.05, 4.69) is 5.32 Å². The second-order valence-electron chi connectivity index (χ2n) is 4.39. The van der Waals surface area contributed by atoms with Gasteiger partial charge in [-0.3, -0.25) is 0 Å². The Morgan fingerprint density at radius 2 is 1.89 bits per heavy atom. The monoisotopic (exact) mass is 275 g/mol. The Morgan fingerprint density at radius 1 is 1.16 bits per heavy atom. The highest BCUT2D eigenvalue weighted by Gasteiger charge is 2.29. The van der Waals surface area contributed by atoms with Crippen LogP contribution < -0.4 is 5.32 Å². The predicted octanol–water partition coefficient (Wildman–Crippen LogP) is 2.21. The number of benzene rings is 1. The molecule has 0 bridgehead atoms. The van der Waals surface area contributed by atoms with Crippen LogP contribution in [-0.4, -0.2) is 32.5 Å². The summed E-state index contributed by atoms with van der Waals surface area (Å²) >= 11 is 0. The van der Waals surface area contributed by atoms with Crippen LogP contribution in [0.1, 0.15) is 11.1 Å². The van der Waals surface area contributed by atoms with E-state index < -0.39 is 11.7 Å². The van der Waals surface area contributed by atoms with Crippen LogP contribution >= 0.6 is 0 Å². The Labute approximate surface area is 109 Å². The van der Waals surface area contributed by atoms with Crippen molar-refractivity contribution in [2.75, 3.05) is 26.4 Å². The highest BCUT2D eigenvalue weighted by Crippen LogP contribution is 2.28. The molecule has 1 aromatic rings. The summed E-state index contributed by atoms with van der Waals surface area (Å²) in [7, 11) is 0. The minimum Gasteiger partial charge on any atom is -0.376 e. The molecule has 2 rings (SSSR count). The molecule has 1 fully saturated rings. The van der Waals surface area contributed by atoms with Gasteiger partial charge in [0.05, 0.1) is 31.5 Å². The second-order valence-corrected chi connectivity index (χ2v) is 4.39. The maximum atomic E-state index is 12.4. The van der Waals surface area contributed by atoms with Gasteiger partial charge in [0.25, 0.3) is 0 Å². The fourth-order valence-electron chi connectivity index (χ4n) is 1.84. The largest absolute Gasteiger partial charge is 0.416 e. The Balaban J connectivity index is 1.76. The second kappa shape index (κ2) is 6.36. The van der Waals surface area contributed by atoms with Crippen LogP contribution in [0.25, 0.3) is 0 Å². The van der Waals surface area contributed by atoms with Crippen molar-refractivity contribution in [3.05, 3.63) is 35.4 Å². The minimum atomic E-state index is -4.28. The highest BCUT2D eigenvalue weighted by molar-refractivity contribution is 5.24. The molecule has 0 amide bonds. The summed E-state index contributed by atoms with van der Waals surface area (Å²) in [6.07, 6.45) is -4.26. The van der Waals surface area contributed by atoms with E-state index in [-0.39, 0.29) is 6.10 Å². The Bertz CT molecular complexity index is 386. The summed E-state index contributed by atoms with van der Waals surface area (Å²) < 4.78 is 47.8. The summed E-state index contributed by atoms with van der Waals surface area (Å²) in [5.74, 6) is 0. The molecule has 1 N–H and O–H groups in total. The first-order chi connectivity index (χ1) is 9.05. The van der Waals surface area contributed by atoms with Crippen molar-refractivity contribution in [3.63, 3.8) is 0 Å². The van der Waals surface area contributed by atoms with Crippen LogP contribution in [0.3, 0.4) is 0 Å². The molecule has 1 aliphatic heterocycles. The molecule has 0 spiro atoms. The normalized spacial score (nSPS) is 20.5. The number of ether oxygens (including phenoxy) is 2. The number of rotatable bonds is 4. The van der Waals surface area contributed by atoms with Gasteiger partial charge in [-0.15, -0.1) is 0 Å². The Kier molecular flexibility index (Phi) is 4.79. The zero-order valence-electron chi connectivity index (χ0n) is 10.4. The summed E-state index contributed by atoms with van der Waals surface area (Å²) in [6, 6.07) is 5.15. The van der Waals surface area contributed by atoms with E-state index in [0.29, 0.717) is 32.9 Å². The van der Waals surface area contributed by atoms with Crippen LogP contribution in [0.15, 0.2) is 24.3 Å². The van der Waals surface area contributed by atoms with Crippen LogP contribution in [0.5, 0.6) is 0 Å². The summed E-state index contributed by atoms with van der Waals surface area (Å²) in [4.78, 5) is 0. The zero-order valence-corrected chi connectivity index (χ0v) is 10.4. The van der Waals surface area contributed by atoms with E-state index >= 15 is 0 Å². The average Bonchev–Trinajstić information content (AvgIpc) is 2.39. The van der Waals surface area contributed by atoms with Gasteiger partial charge in [0.1, 0.15) is 0 Å². The lowest BCUT2D eigenvalue weighted by Gasteiger charge is -2.23. The third-order valence-corrected chi connectivity index (χ3v) is 2.87. The first kappa shape index (κ1) is 14.3. The van der Waals surface area contributed by atoms with Crippen molar-refractivity contribution >= 4 is 0 Å². The van der Waals surface area contributed by atoms with E-state index in [0.717, 1.165) is 17.7 Å². The predicted molar refractivity (Wildman–Crippen MR) is 63.7 cm³/mol. The van der Waals surface area contributed by atoms with Crippen molar-refractivity contribution in [2.24, 2.45) is 0 Å². The van der Waals surface area contributed by atoms with Crippen LogP contribution in [0.2, 0.25) is 0 Å². The molecule has 0 aliphatic carbocycles. The van der Waals surface area contributed by atoms with Gasteiger partial charge in [0.15, 0.2) is 0 Å². The van der Waals surface area contributed by atoms with E-state index in [1.807, 2.05) is 0 Å². The topological polar surface area (TPSA) is 30.5 Å². The molecule has 0 saturated carbocycles. The molecule has 0 aromatic heterocycles. The SMILES string of the molecule is FC(F)(F)c1ccc(CNCC2COCCO2)cc1. The van der Waals surface area contributed by atoms with Crippen molar-refractivity contribution in [1.29, 1.82) is 0 Å². The molecule has 19 heavy (non-hydrogen) atoms. The molecular weight excluding hydrogens is 259 g/mol. The molecule has 6 heteroatoms. The number of alkyl halides is 3. The van der Waals surface area contributed by atoms with Gasteiger partial charge in [-0.25, -0.2) is 0 Å². The van der Waals surface area contributed by atoms with Crippen molar-refractivity contribution in [2.45, 2.75) is 18.8 Å². The van der Waals surface area contributed by atoms with Crippen molar-refractivity contribution < 1.29 is 22.6 Å². The van der Waals surface area contributed by atoms with Crippen molar-refractivity contribution in [1.82, 2.24) is 5.32 Å². The summed E-state index contributed by atoms with van der Waals surface area (Å²) in [5, 5.41) is 3.14. The van der Waals surface area contributed by atoms with E-state index in [1.165, 1.54) is 12.1 Å². The Morgan fingerprint density at radius 3 is 2.47 bits per heavy atom. The molecular formula is C13H16F3NO2. The van der Waals surface area contributed by atoms with Gasteiger partial charge >= 0.3 is 6.18 Å². The number of hydrogen-bond donors (Lipinski definition) is 1. The smallest absolute Gasteiger partial charge is 0.376 e. The average molecular weight is 275 g/mol. The van der Waals surface area contributed by atoms with Crippen LogP contribution in [-0.2, 0) is 22.2 Å². The molecule has 1 aromatic carbocycles. The summed E-state index contributed by atoms with van der Waals surface area (Å²) in [5.41, 5.74) is 0.185. The first-order valence-corrected chi connectivity index (χ1v) is 6.12. The van der Waals surface area contributed by atoms with E-state index in [4.69, 9.17) is 9.47 Å². The molecule has 106 valence electrons. The van der Waals surface area contributed by atoms with Gasteiger partial charge < -0.3 is 14.8 Å². The third kappa shape index (κ3) is 4.49. The molecule has 1 atom stereocenters. The van der Waals surface area contributed by atoms with Gasteiger partial charge in [0.2, 0.25) is 0 Å². The number of hydrogen-bond acceptors (Lipinski definition) is 3. The minimum absolute atomic E-state index is 0.0169. The molecule has 1 unspecified atom stereocenters. The number of nitrogens with one attached hydrogen (secondary N) is 1. The molecule has 3 nitrogen and oxygen atoms in total. The van der Waals surface area contributed by atoms with Gasteiger partial charge in [-0.05, 0) is 17.7 Å². The van der Waals surface area contributed by atoms with E-state index in [9.17, 15) is 13.2 Å². The molecule has 0 radical (unpaired) electrons. The molecule has 1 aliphatic rings. The van der Waals surface area contributed by atoms with Crippen LogP contribution in [0.4, 0.5) is 13.2 Å². The lowest BCUT2D eigenvalue weighted by Crippen LogP contribution is -2.37. The highest BCUT2D eigenvalue weighted by atomic mass is 19.4. The first-order valence-electron chi connectivity index (χ1n) is 6.12. The van der Waals surface area contributed by atoms with Gasteiger partial charge in [-0.2, -0.15) is 13.2 Å². The maximum Gasteiger partial charge on any atom is 0.416 e. The number of halogens is 3. The van der Waals surface area contributed by atoms with Crippen LogP contribution in [0, 0.1) is 0 Å². The standard InChI is InChI=1S/C13H16F3NO2/c14-13(15,16)11-3-1-10(2-4-11)7-17-8-12-9-18-5-6-19-12/h1-4,12,17H,5-9H2. The lowest BCUT2D eigenvalue weighted by molar-refractivity contribution is -0.137. The van der Waals surface area contributed by atoms with Crippen molar-refractivity contribution in [3.8, 4) is 0 Å². The van der Waals surface area contributed by atoms with Gasteiger partial charge in [0, 0.05) is 13.1 Å². The van der Waals surface area contributed by atoms with E-state index in [1.54, 1.807) is 0 Å². The fraction of sp³-hybridized carbons (Fsp3) is 0.538. The molecule has 1 saturated heterocycles. The lowest BCUT2D eigenvalue weighted by atomic mass is 10.1. The Hall–Kier alpha value is -1.11. The fourth-order valence-corrected chi connectivity index (χ4v) is 1.84. The van der Waals surface area contributed by atoms with Gasteiger partial charge in [-0.1, -0.05) is 12.1 Å². The quantitative estimate of drug-likeness (QED) is 0.914. The third-order valence-electron chi connectivity index (χ3n) is 2.87. The molecule has 1 heterocycles. The summed E-state index contributed by atoms with van der Waals surface area (Å²) in [6.45, 7) is 2.90.